The maximum absolute atomic E-state index is 11.7. The lowest BCUT2D eigenvalue weighted by molar-refractivity contribution is -0.121. The van der Waals surface area contributed by atoms with Crippen molar-refractivity contribution in [2.45, 2.75) is 31.8 Å². The maximum atomic E-state index is 11.7. The zero-order valence-electron chi connectivity index (χ0n) is 11.3. The van der Waals surface area contributed by atoms with E-state index in [4.69, 9.17) is 4.74 Å². The smallest absolute Gasteiger partial charge is 0.220 e. The second kappa shape index (κ2) is 8.74. The Labute approximate surface area is 120 Å². The lowest BCUT2D eigenvalue weighted by atomic mass is 9.95. The van der Waals surface area contributed by atoms with E-state index in [1.807, 2.05) is 0 Å². The van der Waals surface area contributed by atoms with Crippen LogP contribution in [0.25, 0.3) is 0 Å². The zero-order valence-corrected chi connectivity index (χ0v) is 12.1. The number of halogens is 1. The van der Waals surface area contributed by atoms with Crippen LogP contribution in [0.3, 0.4) is 0 Å². The van der Waals surface area contributed by atoms with Crippen LogP contribution in [0.5, 0.6) is 0 Å². The van der Waals surface area contributed by atoms with Crippen LogP contribution >= 0.6 is 12.4 Å². The third-order valence-electron chi connectivity index (χ3n) is 3.99. The molecule has 2 aliphatic heterocycles. The minimum Gasteiger partial charge on any atom is -0.391 e. The van der Waals surface area contributed by atoms with Gasteiger partial charge in [0.05, 0.1) is 6.10 Å². The lowest BCUT2D eigenvalue weighted by Crippen LogP contribution is -2.34. The van der Waals surface area contributed by atoms with E-state index in [1.165, 1.54) is 0 Å². The number of nitrogens with one attached hydrogen (secondary N) is 2. The van der Waals surface area contributed by atoms with Crippen LogP contribution in [-0.2, 0) is 9.53 Å². The molecule has 1 amide bonds. The van der Waals surface area contributed by atoms with Crippen LogP contribution in [0, 0.1) is 11.8 Å². The summed E-state index contributed by atoms with van der Waals surface area (Å²) in [6.07, 6.45) is 3.40. The van der Waals surface area contributed by atoms with Gasteiger partial charge in [0.1, 0.15) is 0 Å². The summed E-state index contributed by atoms with van der Waals surface area (Å²) in [4.78, 5) is 11.7. The first-order valence-corrected chi connectivity index (χ1v) is 6.99. The molecule has 0 aliphatic carbocycles. The van der Waals surface area contributed by atoms with Gasteiger partial charge in [-0.1, -0.05) is 0 Å². The van der Waals surface area contributed by atoms with Crippen molar-refractivity contribution < 1.29 is 14.6 Å². The normalized spacial score (nSPS) is 27.8. The first-order chi connectivity index (χ1) is 8.75. The zero-order chi connectivity index (χ0) is 12.8. The average Bonchev–Trinajstić information content (AvgIpc) is 2.81. The van der Waals surface area contributed by atoms with Crippen molar-refractivity contribution in [1.82, 2.24) is 10.6 Å². The van der Waals surface area contributed by atoms with E-state index in [-0.39, 0.29) is 30.3 Å². The molecule has 2 unspecified atom stereocenters. The van der Waals surface area contributed by atoms with Crippen molar-refractivity contribution >= 4 is 18.3 Å². The Kier molecular flexibility index (Phi) is 7.68. The van der Waals surface area contributed by atoms with E-state index in [0.717, 1.165) is 39.0 Å². The Morgan fingerprint density at radius 3 is 2.68 bits per heavy atom. The molecule has 2 atom stereocenters. The Morgan fingerprint density at radius 1 is 1.32 bits per heavy atom. The van der Waals surface area contributed by atoms with Gasteiger partial charge < -0.3 is 20.5 Å². The monoisotopic (exact) mass is 292 g/mol. The Hall–Kier alpha value is -0.360. The Morgan fingerprint density at radius 2 is 2.05 bits per heavy atom. The quantitative estimate of drug-likeness (QED) is 0.682. The maximum Gasteiger partial charge on any atom is 0.220 e. The molecule has 2 fully saturated rings. The van der Waals surface area contributed by atoms with E-state index in [1.54, 1.807) is 0 Å². The summed E-state index contributed by atoms with van der Waals surface area (Å²) in [5.41, 5.74) is 0. The molecule has 0 spiro atoms. The predicted molar refractivity (Wildman–Crippen MR) is 75.4 cm³/mol. The molecule has 0 bridgehead atoms. The lowest BCUT2D eigenvalue weighted by Gasteiger charge is -2.21. The molecule has 0 aromatic carbocycles. The van der Waals surface area contributed by atoms with Gasteiger partial charge in [-0.3, -0.25) is 4.79 Å². The van der Waals surface area contributed by atoms with E-state index >= 15 is 0 Å². The van der Waals surface area contributed by atoms with Crippen molar-refractivity contribution in [3.8, 4) is 0 Å². The van der Waals surface area contributed by atoms with Gasteiger partial charge in [0.25, 0.3) is 0 Å². The van der Waals surface area contributed by atoms with Crippen molar-refractivity contribution in [2.75, 3.05) is 32.8 Å². The van der Waals surface area contributed by atoms with Gasteiger partial charge in [0, 0.05) is 45.2 Å². The second-order valence-corrected chi connectivity index (χ2v) is 5.38. The van der Waals surface area contributed by atoms with Crippen molar-refractivity contribution in [3.05, 3.63) is 0 Å². The molecule has 6 heteroatoms. The third kappa shape index (κ3) is 5.65. The summed E-state index contributed by atoms with van der Waals surface area (Å²) >= 11 is 0. The average molecular weight is 293 g/mol. The molecule has 3 N–H and O–H groups in total. The van der Waals surface area contributed by atoms with Gasteiger partial charge in [0.15, 0.2) is 0 Å². The van der Waals surface area contributed by atoms with Crippen LogP contribution in [0.1, 0.15) is 25.7 Å². The van der Waals surface area contributed by atoms with Crippen LogP contribution < -0.4 is 10.6 Å². The molecule has 2 aliphatic rings. The van der Waals surface area contributed by atoms with Crippen LogP contribution in [0.4, 0.5) is 0 Å². The Bertz CT molecular complexity index is 273. The highest BCUT2D eigenvalue weighted by molar-refractivity contribution is 5.85. The number of carbonyl (C=O) groups excluding carboxylic acids is 1. The van der Waals surface area contributed by atoms with Crippen molar-refractivity contribution in [2.24, 2.45) is 11.8 Å². The summed E-state index contributed by atoms with van der Waals surface area (Å²) in [7, 11) is 0. The van der Waals surface area contributed by atoms with Crippen molar-refractivity contribution in [3.63, 3.8) is 0 Å². The standard InChI is InChI=1S/C13H24N2O3.ClH/c16-12-9-14-7-11(12)8-15-13(17)2-1-10-3-5-18-6-4-10;/h10-12,14,16H,1-9H2,(H,15,17);1H. The fourth-order valence-corrected chi connectivity index (χ4v) is 2.63. The molecule has 2 saturated heterocycles. The first-order valence-electron chi connectivity index (χ1n) is 6.99. The molecule has 0 aromatic rings. The molecule has 2 rings (SSSR count). The number of hydrogen-bond donors (Lipinski definition) is 3. The molecular formula is C13H25ClN2O3. The van der Waals surface area contributed by atoms with Gasteiger partial charge in [0.2, 0.25) is 5.91 Å². The van der Waals surface area contributed by atoms with Gasteiger partial charge in [-0.25, -0.2) is 0 Å². The van der Waals surface area contributed by atoms with E-state index in [0.29, 0.717) is 25.4 Å². The number of hydrogen-bond acceptors (Lipinski definition) is 4. The number of carbonyl (C=O) groups is 1. The molecule has 0 saturated carbocycles. The number of aliphatic hydroxyl groups excluding tert-OH is 1. The summed E-state index contributed by atoms with van der Waals surface area (Å²) in [5, 5.41) is 15.6. The van der Waals surface area contributed by atoms with E-state index in [2.05, 4.69) is 10.6 Å². The largest absolute Gasteiger partial charge is 0.391 e. The highest BCUT2D eigenvalue weighted by Gasteiger charge is 2.25. The first kappa shape index (κ1) is 16.7. The summed E-state index contributed by atoms with van der Waals surface area (Å²) in [6.45, 7) is 3.70. The molecule has 2 heterocycles. The molecule has 19 heavy (non-hydrogen) atoms. The number of ether oxygens (including phenoxy) is 1. The summed E-state index contributed by atoms with van der Waals surface area (Å²) in [6, 6.07) is 0. The summed E-state index contributed by atoms with van der Waals surface area (Å²) in [5.74, 6) is 0.917. The van der Waals surface area contributed by atoms with E-state index in [9.17, 15) is 9.90 Å². The fraction of sp³-hybridized carbons (Fsp3) is 0.923. The second-order valence-electron chi connectivity index (χ2n) is 5.38. The summed E-state index contributed by atoms with van der Waals surface area (Å²) < 4.78 is 5.30. The molecule has 0 radical (unpaired) electrons. The minimum atomic E-state index is -0.319. The highest BCUT2D eigenvalue weighted by atomic mass is 35.5. The number of aliphatic hydroxyl groups is 1. The minimum absolute atomic E-state index is 0. The van der Waals surface area contributed by atoms with Crippen molar-refractivity contribution in [1.29, 1.82) is 0 Å². The molecule has 5 nitrogen and oxygen atoms in total. The van der Waals surface area contributed by atoms with Crippen LogP contribution in [0.15, 0.2) is 0 Å². The third-order valence-corrected chi connectivity index (χ3v) is 3.99. The Balaban J connectivity index is 0.00000180. The van der Waals surface area contributed by atoms with Gasteiger partial charge in [-0.2, -0.15) is 0 Å². The van der Waals surface area contributed by atoms with Crippen LogP contribution in [0.2, 0.25) is 0 Å². The van der Waals surface area contributed by atoms with Crippen LogP contribution in [-0.4, -0.2) is 50.0 Å². The van der Waals surface area contributed by atoms with Gasteiger partial charge >= 0.3 is 0 Å². The predicted octanol–water partition coefficient (Wildman–Crippen LogP) is 0.311. The van der Waals surface area contributed by atoms with Gasteiger partial charge in [-0.15, -0.1) is 12.4 Å². The van der Waals surface area contributed by atoms with Gasteiger partial charge in [-0.05, 0) is 25.2 Å². The highest BCUT2D eigenvalue weighted by Crippen LogP contribution is 2.19. The molecular weight excluding hydrogens is 268 g/mol. The molecule has 0 aromatic heterocycles. The SMILES string of the molecule is Cl.O=C(CCC1CCOCC1)NCC1CNCC1O. The van der Waals surface area contributed by atoms with E-state index < -0.39 is 0 Å². The number of β-amino-alcohol motifs (C(OH)–C–C–N with tert-alkyl or cyclic N) is 1. The number of rotatable bonds is 5. The molecule has 112 valence electrons. The topological polar surface area (TPSA) is 70.6 Å². The number of amides is 1. The fourth-order valence-electron chi connectivity index (χ4n) is 2.63.